The molecule has 0 saturated carbocycles. The van der Waals surface area contributed by atoms with Crippen molar-refractivity contribution in [2.75, 3.05) is 13.2 Å². The van der Waals surface area contributed by atoms with E-state index in [1.807, 2.05) is 20.8 Å². The Morgan fingerprint density at radius 3 is 2.67 bits per heavy atom. The summed E-state index contributed by atoms with van der Waals surface area (Å²) >= 11 is 5.74. The van der Waals surface area contributed by atoms with Crippen LogP contribution < -0.4 is 5.32 Å². The fourth-order valence-electron chi connectivity index (χ4n) is 1.74. The number of likely N-dealkylation sites (N-methyl/N-ethyl adjacent to an activating group) is 1. The Bertz CT molecular complexity index is 371. The summed E-state index contributed by atoms with van der Waals surface area (Å²) in [6.45, 7) is 7.42. The zero-order chi connectivity index (χ0) is 13.5. The van der Waals surface area contributed by atoms with E-state index in [-0.39, 0.29) is 18.0 Å². The number of nitrogens with one attached hydrogen (secondary N) is 1. The predicted octanol–water partition coefficient (Wildman–Crippen LogP) is 3.42. The van der Waals surface area contributed by atoms with Gasteiger partial charge in [-0.15, -0.1) is 0 Å². The van der Waals surface area contributed by atoms with Crippen LogP contribution in [-0.2, 0) is 11.2 Å². The number of ether oxygens (including phenoxy) is 1. The molecule has 1 aromatic carbocycles. The third-order valence-corrected chi connectivity index (χ3v) is 2.84. The Kier molecular flexibility index (Phi) is 6.61. The summed E-state index contributed by atoms with van der Waals surface area (Å²) in [5, 5.41) is 3.73. The monoisotopic (exact) mass is 273 g/mol. The van der Waals surface area contributed by atoms with Crippen molar-refractivity contribution in [3.63, 3.8) is 0 Å². The van der Waals surface area contributed by atoms with Gasteiger partial charge in [-0.1, -0.05) is 24.6 Å². The molecule has 18 heavy (non-hydrogen) atoms. The van der Waals surface area contributed by atoms with E-state index in [4.69, 9.17) is 16.3 Å². The van der Waals surface area contributed by atoms with Gasteiger partial charge >= 0.3 is 0 Å². The van der Waals surface area contributed by atoms with Gasteiger partial charge in [-0.2, -0.15) is 0 Å². The third-order valence-electron chi connectivity index (χ3n) is 2.60. The zero-order valence-electron chi connectivity index (χ0n) is 11.2. The first-order valence-electron chi connectivity index (χ1n) is 6.31. The lowest BCUT2D eigenvalue weighted by atomic mass is 10.1. The fourth-order valence-corrected chi connectivity index (χ4v) is 1.90. The minimum atomic E-state index is -0.255. The largest absolute Gasteiger partial charge is 0.377 e. The van der Waals surface area contributed by atoms with Crippen LogP contribution in [0, 0.1) is 5.82 Å². The van der Waals surface area contributed by atoms with Gasteiger partial charge in [0.15, 0.2) is 0 Å². The zero-order valence-corrected chi connectivity index (χ0v) is 11.9. The van der Waals surface area contributed by atoms with Crippen molar-refractivity contribution >= 4 is 11.6 Å². The second-order valence-corrected chi connectivity index (χ2v) is 5.01. The summed E-state index contributed by atoms with van der Waals surface area (Å²) < 4.78 is 19.3. The molecule has 1 atom stereocenters. The van der Waals surface area contributed by atoms with Crippen molar-refractivity contribution in [1.82, 2.24) is 5.32 Å². The molecule has 2 nitrogen and oxygen atoms in total. The molecule has 102 valence electrons. The first-order chi connectivity index (χ1) is 8.52. The minimum Gasteiger partial charge on any atom is -0.377 e. The van der Waals surface area contributed by atoms with Crippen molar-refractivity contribution < 1.29 is 9.13 Å². The Hall–Kier alpha value is -0.640. The SMILES string of the molecule is CCNC(COC(C)C)Cc1ccc(Cl)cc1F. The summed E-state index contributed by atoms with van der Waals surface area (Å²) in [6, 6.07) is 4.92. The quantitative estimate of drug-likeness (QED) is 0.822. The second-order valence-electron chi connectivity index (χ2n) is 4.58. The first kappa shape index (κ1) is 15.4. The molecule has 0 aliphatic heterocycles. The normalized spacial score (nSPS) is 13.0. The standard InChI is InChI=1S/C14H21ClFNO/c1-4-17-13(9-18-10(2)3)7-11-5-6-12(15)8-14(11)16/h5-6,8,10,13,17H,4,7,9H2,1-3H3. The van der Waals surface area contributed by atoms with Gasteiger partial charge in [-0.3, -0.25) is 0 Å². The Labute approximate surface area is 113 Å². The lowest BCUT2D eigenvalue weighted by Crippen LogP contribution is -2.36. The van der Waals surface area contributed by atoms with E-state index in [1.165, 1.54) is 6.07 Å². The number of halogens is 2. The molecule has 0 radical (unpaired) electrons. The number of benzene rings is 1. The van der Waals surface area contributed by atoms with Gasteiger partial charge in [0, 0.05) is 11.1 Å². The van der Waals surface area contributed by atoms with Crippen LogP contribution in [0.25, 0.3) is 0 Å². The van der Waals surface area contributed by atoms with Gasteiger partial charge in [-0.05, 0) is 44.5 Å². The highest BCUT2D eigenvalue weighted by atomic mass is 35.5. The minimum absolute atomic E-state index is 0.119. The maximum absolute atomic E-state index is 13.7. The van der Waals surface area contributed by atoms with Crippen LogP contribution in [0.15, 0.2) is 18.2 Å². The average molecular weight is 274 g/mol. The van der Waals surface area contributed by atoms with Gasteiger partial charge in [0.05, 0.1) is 12.7 Å². The molecular formula is C14H21ClFNO. The van der Waals surface area contributed by atoms with Gasteiger partial charge in [0.2, 0.25) is 0 Å². The second kappa shape index (κ2) is 7.72. The van der Waals surface area contributed by atoms with Crippen molar-refractivity contribution in [2.24, 2.45) is 0 Å². The highest BCUT2D eigenvalue weighted by molar-refractivity contribution is 6.30. The molecule has 1 aromatic rings. The fraction of sp³-hybridized carbons (Fsp3) is 0.571. The molecule has 1 rings (SSSR count). The average Bonchev–Trinajstić information content (AvgIpc) is 2.29. The number of rotatable bonds is 7. The van der Waals surface area contributed by atoms with E-state index in [2.05, 4.69) is 5.32 Å². The molecule has 0 aliphatic carbocycles. The molecule has 0 fully saturated rings. The highest BCUT2D eigenvalue weighted by Crippen LogP contribution is 2.16. The van der Waals surface area contributed by atoms with E-state index >= 15 is 0 Å². The summed E-state index contributed by atoms with van der Waals surface area (Å²) in [5.41, 5.74) is 0.665. The lowest BCUT2D eigenvalue weighted by molar-refractivity contribution is 0.0614. The molecule has 0 heterocycles. The first-order valence-corrected chi connectivity index (χ1v) is 6.69. The molecule has 0 aromatic heterocycles. The molecular weight excluding hydrogens is 253 g/mol. The summed E-state index contributed by atoms with van der Waals surface area (Å²) in [7, 11) is 0. The predicted molar refractivity (Wildman–Crippen MR) is 73.7 cm³/mol. The third kappa shape index (κ3) is 5.34. The lowest BCUT2D eigenvalue weighted by Gasteiger charge is -2.20. The molecule has 0 saturated heterocycles. The molecule has 0 spiro atoms. The van der Waals surface area contributed by atoms with Crippen molar-refractivity contribution in [2.45, 2.75) is 39.3 Å². The van der Waals surface area contributed by atoms with Gasteiger partial charge in [0.1, 0.15) is 5.82 Å². The van der Waals surface area contributed by atoms with Crippen LogP contribution in [0.2, 0.25) is 5.02 Å². The Morgan fingerprint density at radius 1 is 1.39 bits per heavy atom. The highest BCUT2D eigenvalue weighted by Gasteiger charge is 2.12. The van der Waals surface area contributed by atoms with Crippen LogP contribution in [0.3, 0.4) is 0 Å². The maximum Gasteiger partial charge on any atom is 0.127 e. The Morgan fingerprint density at radius 2 is 2.11 bits per heavy atom. The van der Waals surface area contributed by atoms with Crippen LogP contribution in [-0.4, -0.2) is 25.3 Å². The van der Waals surface area contributed by atoms with Crippen molar-refractivity contribution in [3.05, 3.63) is 34.6 Å². The molecule has 0 amide bonds. The van der Waals surface area contributed by atoms with E-state index in [9.17, 15) is 4.39 Å². The van der Waals surface area contributed by atoms with Crippen molar-refractivity contribution in [3.8, 4) is 0 Å². The van der Waals surface area contributed by atoms with Gasteiger partial charge in [-0.25, -0.2) is 4.39 Å². The number of hydrogen-bond acceptors (Lipinski definition) is 2. The van der Waals surface area contributed by atoms with E-state index < -0.39 is 0 Å². The summed E-state index contributed by atoms with van der Waals surface area (Å²) in [5.74, 6) is -0.255. The van der Waals surface area contributed by atoms with E-state index in [0.717, 1.165) is 6.54 Å². The smallest absolute Gasteiger partial charge is 0.127 e. The summed E-state index contributed by atoms with van der Waals surface area (Å²) in [4.78, 5) is 0. The van der Waals surface area contributed by atoms with Gasteiger partial charge < -0.3 is 10.1 Å². The van der Waals surface area contributed by atoms with Crippen molar-refractivity contribution in [1.29, 1.82) is 0 Å². The molecule has 0 aliphatic rings. The Balaban J connectivity index is 2.64. The topological polar surface area (TPSA) is 21.3 Å². The molecule has 1 unspecified atom stereocenters. The van der Waals surface area contributed by atoms with Crippen LogP contribution >= 0.6 is 11.6 Å². The van der Waals surface area contributed by atoms with E-state index in [1.54, 1.807) is 12.1 Å². The summed E-state index contributed by atoms with van der Waals surface area (Å²) in [6.07, 6.45) is 0.782. The molecule has 1 N–H and O–H groups in total. The van der Waals surface area contributed by atoms with Crippen LogP contribution in [0.5, 0.6) is 0 Å². The molecule has 0 bridgehead atoms. The maximum atomic E-state index is 13.7. The van der Waals surface area contributed by atoms with Crippen LogP contribution in [0.1, 0.15) is 26.3 Å². The van der Waals surface area contributed by atoms with E-state index in [0.29, 0.717) is 23.6 Å². The van der Waals surface area contributed by atoms with Crippen LogP contribution in [0.4, 0.5) is 4.39 Å². The molecule has 4 heteroatoms. The van der Waals surface area contributed by atoms with Gasteiger partial charge in [0.25, 0.3) is 0 Å². The number of hydrogen-bond donors (Lipinski definition) is 1.